The number of nitrogens with zero attached hydrogens (tertiary/aromatic N) is 2. The molecule has 1 heterocycles. The first-order valence-electron chi connectivity index (χ1n) is 3.34. The van der Waals surface area contributed by atoms with Gasteiger partial charge in [-0.3, -0.25) is 14.7 Å². The Balaban J connectivity index is 3.05. The lowest BCUT2D eigenvalue weighted by molar-refractivity contribution is 0.0899. The molecule has 1 N–H and O–H groups in total. The molecule has 0 saturated heterocycles. The van der Waals surface area contributed by atoms with Crippen molar-refractivity contribution in [2.45, 2.75) is 13.3 Å². The van der Waals surface area contributed by atoms with Crippen molar-refractivity contribution < 1.29 is 4.79 Å². The van der Waals surface area contributed by atoms with Gasteiger partial charge in [0.2, 0.25) is 0 Å². The Labute approximate surface area is 68.2 Å². The van der Waals surface area contributed by atoms with Gasteiger partial charge in [-0.15, -0.1) is 0 Å². The monoisotopic (exact) mass is 165 g/mol. The molecule has 0 aliphatic rings. The molecule has 1 rings (SSSR count). The van der Waals surface area contributed by atoms with Crippen LogP contribution in [0.3, 0.4) is 0 Å². The Kier molecular flexibility index (Phi) is 2.10. The zero-order valence-corrected chi connectivity index (χ0v) is 6.50. The molecule has 0 bridgehead atoms. The largest absolute Gasteiger partial charge is 0.293 e. The highest BCUT2D eigenvalue weighted by molar-refractivity contribution is 5.79. The minimum atomic E-state index is -0.532. The zero-order valence-electron chi connectivity index (χ0n) is 6.50. The summed E-state index contributed by atoms with van der Waals surface area (Å²) < 4.78 is 0.832. The van der Waals surface area contributed by atoms with Crippen molar-refractivity contribution >= 4 is 5.91 Å². The second-order valence-electron chi connectivity index (χ2n) is 2.34. The summed E-state index contributed by atoms with van der Waals surface area (Å²) in [7, 11) is 0. The smallest absolute Gasteiger partial charge is 0.273 e. The molecule has 62 valence electrons. The van der Waals surface area contributed by atoms with Gasteiger partial charge in [0.15, 0.2) is 0 Å². The van der Waals surface area contributed by atoms with Gasteiger partial charge in [0.05, 0.1) is 6.07 Å². The Morgan fingerprint density at radius 2 is 2.50 bits per heavy atom. The molecule has 0 aromatic carbocycles. The van der Waals surface area contributed by atoms with Crippen LogP contribution in [0.1, 0.15) is 16.9 Å². The van der Waals surface area contributed by atoms with Crippen LogP contribution in [-0.2, 0) is 0 Å². The van der Waals surface area contributed by atoms with Crippen LogP contribution >= 0.6 is 0 Å². The first-order valence-corrected chi connectivity index (χ1v) is 3.34. The van der Waals surface area contributed by atoms with Crippen LogP contribution in [0.25, 0.3) is 0 Å². The molecular weight excluding hydrogens is 158 g/mol. The number of hydrogen-bond acceptors (Lipinski definition) is 3. The number of nitriles is 1. The van der Waals surface area contributed by atoms with Gasteiger partial charge in [0.1, 0.15) is 6.42 Å². The first kappa shape index (κ1) is 8.27. The molecule has 0 spiro atoms. The van der Waals surface area contributed by atoms with Crippen LogP contribution in [0.2, 0.25) is 0 Å². The van der Waals surface area contributed by atoms with E-state index in [4.69, 9.17) is 5.26 Å². The highest BCUT2D eigenvalue weighted by Gasteiger charge is 2.07. The fraction of sp³-hybridized carbons (Fsp3) is 0.286. The van der Waals surface area contributed by atoms with E-state index in [1.165, 1.54) is 6.07 Å². The van der Waals surface area contributed by atoms with Crippen molar-refractivity contribution in [1.29, 1.82) is 5.26 Å². The van der Waals surface area contributed by atoms with Crippen molar-refractivity contribution in [2.75, 3.05) is 0 Å². The summed E-state index contributed by atoms with van der Waals surface area (Å²) >= 11 is 0. The fourth-order valence-corrected chi connectivity index (χ4v) is 0.845. The average molecular weight is 165 g/mol. The maximum atomic E-state index is 11.0. The molecule has 5 nitrogen and oxygen atoms in total. The van der Waals surface area contributed by atoms with Crippen molar-refractivity contribution in [3.05, 3.63) is 22.1 Å². The molecule has 12 heavy (non-hydrogen) atoms. The SMILES string of the molecule is Cc1cc(=O)n(C(=O)CC#N)[nH]1. The summed E-state index contributed by atoms with van der Waals surface area (Å²) in [5, 5.41) is 10.7. The number of aryl methyl sites for hydroxylation is 1. The summed E-state index contributed by atoms with van der Waals surface area (Å²) in [5.74, 6) is -0.532. The highest BCUT2D eigenvalue weighted by Crippen LogP contribution is 1.88. The second kappa shape index (κ2) is 3.05. The second-order valence-corrected chi connectivity index (χ2v) is 2.34. The van der Waals surface area contributed by atoms with Crippen molar-refractivity contribution in [2.24, 2.45) is 0 Å². The van der Waals surface area contributed by atoms with Crippen LogP contribution in [0.15, 0.2) is 10.9 Å². The highest BCUT2D eigenvalue weighted by atomic mass is 16.2. The third-order valence-corrected chi connectivity index (χ3v) is 1.33. The quantitative estimate of drug-likeness (QED) is 0.638. The molecule has 1 aromatic heterocycles. The molecule has 0 aliphatic heterocycles. The predicted molar refractivity (Wildman–Crippen MR) is 40.6 cm³/mol. The van der Waals surface area contributed by atoms with Gasteiger partial charge < -0.3 is 0 Å². The van der Waals surface area contributed by atoms with E-state index in [0.29, 0.717) is 5.69 Å². The van der Waals surface area contributed by atoms with Gasteiger partial charge in [-0.25, -0.2) is 0 Å². The van der Waals surface area contributed by atoms with E-state index in [2.05, 4.69) is 5.10 Å². The van der Waals surface area contributed by atoms with Gasteiger partial charge in [0, 0.05) is 11.8 Å². The van der Waals surface area contributed by atoms with Crippen LogP contribution in [-0.4, -0.2) is 15.7 Å². The summed E-state index contributed by atoms with van der Waals surface area (Å²) in [6.45, 7) is 1.66. The van der Waals surface area contributed by atoms with Gasteiger partial charge in [-0.2, -0.15) is 9.94 Å². The Morgan fingerprint density at radius 1 is 1.83 bits per heavy atom. The first-order chi connectivity index (χ1) is 5.65. The van der Waals surface area contributed by atoms with Gasteiger partial charge in [-0.05, 0) is 6.92 Å². The zero-order chi connectivity index (χ0) is 9.14. The summed E-state index contributed by atoms with van der Waals surface area (Å²) in [4.78, 5) is 21.9. The van der Waals surface area contributed by atoms with Gasteiger partial charge in [0.25, 0.3) is 11.5 Å². The van der Waals surface area contributed by atoms with Crippen molar-refractivity contribution in [3.63, 3.8) is 0 Å². The number of nitrogens with one attached hydrogen (secondary N) is 1. The molecule has 1 aromatic rings. The number of aromatic nitrogens is 2. The Morgan fingerprint density at radius 3 is 2.92 bits per heavy atom. The summed E-state index contributed by atoms with van der Waals surface area (Å²) in [6.07, 6.45) is -0.292. The number of rotatable bonds is 1. The number of hydrogen-bond donors (Lipinski definition) is 1. The summed E-state index contributed by atoms with van der Waals surface area (Å²) in [6, 6.07) is 2.97. The number of carbonyl (C=O) groups excluding carboxylic acids is 1. The van der Waals surface area contributed by atoms with E-state index in [1.54, 1.807) is 13.0 Å². The predicted octanol–water partition coefficient (Wildman–Crippen LogP) is 0.0387. The lowest BCUT2D eigenvalue weighted by Crippen LogP contribution is -2.23. The van der Waals surface area contributed by atoms with E-state index >= 15 is 0 Å². The maximum Gasteiger partial charge on any atom is 0.273 e. The lowest BCUT2D eigenvalue weighted by atomic mass is 10.4. The van der Waals surface area contributed by atoms with Crippen molar-refractivity contribution in [3.8, 4) is 6.07 Å². The minimum absolute atomic E-state index is 0.292. The topological polar surface area (TPSA) is 78.7 Å². The van der Waals surface area contributed by atoms with E-state index in [-0.39, 0.29) is 6.42 Å². The third-order valence-electron chi connectivity index (χ3n) is 1.33. The van der Waals surface area contributed by atoms with Gasteiger partial charge >= 0.3 is 0 Å². The molecule has 5 heteroatoms. The molecule has 0 atom stereocenters. The molecular formula is C7H7N3O2. The lowest BCUT2D eigenvalue weighted by Gasteiger charge is -1.93. The Hall–Kier alpha value is -1.83. The molecule has 0 saturated carbocycles. The standard InChI is InChI=1S/C7H7N3O2/c1-5-4-7(12)10(9-5)6(11)2-3-8/h4,9H,2H2,1H3. The third kappa shape index (κ3) is 1.42. The maximum absolute atomic E-state index is 11.0. The van der Waals surface area contributed by atoms with Crippen LogP contribution < -0.4 is 5.56 Å². The number of aromatic amines is 1. The normalized spacial score (nSPS) is 9.33. The molecule has 0 unspecified atom stereocenters. The number of H-pyrrole nitrogens is 1. The molecule has 0 radical (unpaired) electrons. The molecule has 0 fully saturated rings. The van der Waals surface area contributed by atoms with Gasteiger partial charge in [-0.1, -0.05) is 0 Å². The minimum Gasteiger partial charge on any atom is -0.293 e. The van der Waals surface area contributed by atoms with Crippen LogP contribution in [0.5, 0.6) is 0 Å². The van der Waals surface area contributed by atoms with E-state index in [9.17, 15) is 9.59 Å². The summed E-state index contributed by atoms with van der Waals surface area (Å²) in [5.41, 5.74) is 0.180. The fourth-order valence-electron chi connectivity index (χ4n) is 0.845. The molecule has 0 aliphatic carbocycles. The van der Waals surface area contributed by atoms with E-state index in [1.807, 2.05) is 0 Å². The van der Waals surface area contributed by atoms with Crippen LogP contribution in [0.4, 0.5) is 0 Å². The van der Waals surface area contributed by atoms with Crippen LogP contribution in [0, 0.1) is 18.3 Å². The van der Waals surface area contributed by atoms with E-state index < -0.39 is 11.5 Å². The Bertz CT molecular complexity index is 394. The number of carbonyl (C=O) groups is 1. The molecule has 0 amide bonds. The van der Waals surface area contributed by atoms with E-state index in [0.717, 1.165) is 4.68 Å². The van der Waals surface area contributed by atoms with Crippen molar-refractivity contribution in [1.82, 2.24) is 9.78 Å². The average Bonchev–Trinajstić information content (AvgIpc) is 2.30.